The van der Waals surface area contributed by atoms with Gasteiger partial charge < -0.3 is 60.3 Å². The Morgan fingerprint density at radius 2 is 0.610 bits per heavy atom. The van der Waals surface area contributed by atoms with E-state index >= 15 is 0 Å². The minimum atomic E-state index is 0.499. The Morgan fingerprint density at radius 1 is 0.309 bits per heavy atom. The van der Waals surface area contributed by atoms with Crippen LogP contribution in [0.3, 0.4) is 0 Å². The molecule has 4 N–H and O–H groups in total. The number of anilines is 12. The van der Waals surface area contributed by atoms with Crippen LogP contribution in [0.1, 0.15) is 101 Å². The zero-order valence-electron chi connectivity index (χ0n) is 70.2. The van der Waals surface area contributed by atoms with E-state index in [-0.39, 0.29) is 0 Å². The Balaban J connectivity index is 0.000000101. The van der Waals surface area contributed by atoms with Crippen LogP contribution in [-0.2, 0) is 4.74 Å². The number of piperazine rings is 3. The lowest BCUT2D eigenvalue weighted by Gasteiger charge is -2.36. The standard InChI is InChI=1S/C24H28N8.2C23H26N8.C21H21N7O/c1-3-30-8-10-31(11-9-30)20-15-25-21(12-16(20)2)28-24-26-13-17-4-5-18-14-27-32(19-6-7-19)23(18)22(17)29-24;1-15-11-20(24-14-19(15)30-9-7-29(2)8-10-30)27-23-25-12-16-3-4-17-13-26-31(18-5-6-18)22(17)21(16)28-23;1-2-29-9-11-30(12-10-29)19-7-8-20(24-15-19)27-23-25-13-16-3-4-17-14-26-31(18-5-6-18)22(17)21(16)28-23;1-2-15-12-24-28(16-3-4-16)20(15)19-14(1)11-23-21(26-19)25-18-6-5-17(13-22-18)27-7-9-29-10-8-27/h4-5,12-15,19H,3,6-11H2,1-2H3,(H,25,26,28,29);3-4,11-14,18H,5-10H2,1-2H3,(H,24,25,27,28);3-4,7-8,13-15,18H,2,5-6,9-12H2,1H3,(H,24,25,27,28);1-2,5-6,11-13,16H,3-4,7-10H2,(H,22,23,25,26). The summed E-state index contributed by atoms with van der Waals surface area (Å²) in [5.41, 5.74) is 15.2. The number of hydrogen-bond acceptors (Lipinski definition) is 28. The van der Waals surface area contributed by atoms with Gasteiger partial charge >= 0.3 is 0 Å². The molecule has 4 saturated heterocycles. The van der Waals surface area contributed by atoms with Crippen LogP contribution < -0.4 is 40.9 Å². The highest BCUT2D eigenvalue weighted by Gasteiger charge is 2.32. The molecule has 0 atom stereocenters. The van der Waals surface area contributed by atoms with Gasteiger partial charge in [0.2, 0.25) is 23.8 Å². The van der Waals surface area contributed by atoms with Crippen LogP contribution in [0.4, 0.5) is 69.8 Å². The van der Waals surface area contributed by atoms with Crippen molar-refractivity contribution >= 4 is 157 Å². The number of morpholine rings is 1. The van der Waals surface area contributed by atoms with Crippen LogP contribution >= 0.6 is 0 Å². The lowest BCUT2D eigenvalue weighted by Crippen LogP contribution is -2.46. The van der Waals surface area contributed by atoms with Crippen molar-refractivity contribution < 1.29 is 4.74 Å². The number of nitrogens with zero attached hydrogens (tertiary/aromatic N) is 27. The number of hydrogen-bond donors (Lipinski definition) is 4. The first-order valence-corrected chi connectivity index (χ1v) is 43.6. The maximum atomic E-state index is 5.41. The molecule has 8 fully saturated rings. The number of aromatic nitrogens is 20. The Labute approximate surface area is 711 Å². The summed E-state index contributed by atoms with van der Waals surface area (Å²) in [6.45, 7) is 27.1. The van der Waals surface area contributed by atoms with E-state index in [4.69, 9.17) is 24.7 Å². The molecular formula is C91H101N31O. The summed E-state index contributed by atoms with van der Waals surface area (Å²) in [5.74, 6) is 5.22. The number of fused-ring (bicyclic) bond motifs is 12. The van der Waals surface area contributed by atoms with Crippen molar-refractivity contribution in [3.8, 4) is 0 Å². The van der Waals surface area contributed by atoms with Gasteiger partial charge in [0.05, 0.1) is 132 Å². The fraction of sp³-hybridized carbons (Fsp3) is 0.385. The van der Waals surface area contributed by atoms with Gasteiger partial charge in [-0.1, -0.05) is 62.4 Å². The predicted octanol–water partition coefficient (Wildman–Crippen LogP) is 14.3. The molecule has 32 nitrogen and oxygen atoms in total. The molecule has 4 aromatic carbocycles. The van der Waals surface area contributed by atoms with Gasteiger partial charge in [0.15, 0.2) is 0 Å². The van der Waals surface area contributed by atoms with Gasteiger partial charge in [-0.3, -0.25) is 18.7 Å². The summed E-state index contributed by atoms with van der Waals surface area (Å²) < 4.78 is 13.9. The molecule has 0 amide bonds. The molecule has 16 aromatic rings. The highest BCUT2D eigenvalue weighted by molar-refractivity contribution is 6.06. The summed E-state index contributed by atoms with van der Waals surface area (Å²) in [7, 11) is 2.17. The fourth-order valence-electron chi connectivity index (χ4n) is 17.3. The monoisotopic (exact) mass is 1640 g/mol. The lowest BCUT2D eigenvalue weighted by molar-refractivity contribution is 0.122. The number of aryl methyl sites for hydroxylation is 2. The molecule has 4 saturated carbocycles. The molecule has 8 aliphatic rings. The topological polar surface area (TPSA) is 306 Å². The summed E-state index contributed by atoms with van der Waals surface area (Å²) in [6.07, 6.45) is 32.5. The molecule has 0 unspecified atom stereocenters. The van der Waals surface area contributed by atoms with Gasteiger partial charge in [-0.25, -0.2) is 59.8 Å². The molecule has 4 aliphatic carbocycles. The third-order valence-electron chi connectivity index (χ3n) is 25.0. The number of ether oxygens (including phenoxy) is 1. The van der Waals surface area contributed by atoms with Crippen molar-refractivity contribution in [1.82, 2.24) is 114 Å². The van der Waals surface area contributed by atoms with Gasteiger partial charge in [0.1, 0.15) is 45.3 Å². The highest BCUT2D eigenvalue weighted by Crippen LogP contribution is 2.43. The van der Waals surface area contributed by atoms with Crippen molar-refractivity contribution in [3.63, 3.8) is 0 Å². The Kier molecular flexibility index (Phi) is 21.0. The minimum Gasteiger partial charge on any atom is -0.378 e. The van der Waals surface area contributed by atoms with Gasteiger partial charge in [0, 0.05) is 160 Å². The van der Waals surface area contributed by atoms with Crippen molar-refractivity contribution in [2.75, 3.05) is 166 Å². The third kappa shape index (κ3) is 16.5. The molecule has 123 heavy (non-hydrogen) atoms. The molecule has 32 heteroatoms. The van der Waals surface area contributed by atoms with E-state index in [9.17, 15) is 0 Å². The quantitative estimate of drug-likeness (QED) is 0.0620. The normalized spacial score (nSPS) is 17.4. The van der Waals surface area contributed by atoms with E-state index in [0.29, 0.717) is 48.0 Å². The van der Waals surface area contributed by atoms with E-state index in [1.165, 1.54) is 73.9 Å². The first-order chi connectivity index (χ1) is 60.5. The second-order valence-corrected chi connectivity index (χ2v) is 33.6. The highest BCUT2D eigenvalue weighted by atomic mass is 16.5. The summed E-state index contributed by atoms with van der Waals surface area (Å²) in [6, 6.07) is 31.0. The van der Waals surface area contributed by atoms with E-state index in [2.05, 4.69) is 242 Å². The van der Waals surface area contributed by atoms with Crippen molar-refractivity contribution in [1.29, 1.82) is 0 Å². The van der Waals surface area contributed by atoms with Gasteiger partial charge in [-0.2, -0.15) is 20.4 Å². The van der Waals surface area contributed by atoms with E-state index in [0.717, 1.165) is 240 Å². The van der Waals surface area contributed by atoms with Crippen molar-refractivity contribution in [3.05, 3.63) is 170 Å². The Morgan fingerprint density at radius 3 is 0.919 bits per heavy atom. The zero-order chi connectivity index (χ0) is 82.6. The molecule has 16 heterocycles. The number of nitrogens with one attached hydrogen (secondary N) is 4. The number of rotatable bonds is 18. The molecule has 0 radical (unpaired) electrons. The van der Waals surface area contributed by atoms with Crippen molar-refractivity contribution in [2.45, 2.75) is 103 Å². The van der Waals surface area contributed by atoms with Crippen LogP contribution in [0.5, 0.6) is 0 Å². The van der Waals surface area contributed by atoms with Crippen LogP contribution in [0.25, 0.3) is 87.2 Å². The lowest BCUT2D eigenvalue weighted by atomic mass is 10.2. The van der Waals surface area contributed by atoms with Crippen LogP contribution in [0.2, 0.25) is 0 Å². The van der Waals surface area contributed by atoms with E-state index in [1.54, 1.807) is 0 Å². The van der Waals surface area contributed by atoms with Crippen LogP contribution in [0, 0.1) is 13.8 Å². The van der Waals surface area contributed by atoms with Crippen LogP contribution in [-0.4, -0.2) is 239 Å². The average molecular weight is 1650 g/mol. The summed E-state index contributed by atoms with van der Waals surface area (Å²) in [4.78, 5) is 72.7. The second kappa shape index (κ2) is 33.4. The summed E-state index contributed by atoms with van der Waals surface area (Å²) in [5, 5.41) is 40.1. The molecule has 0 bridgehead atoms. The first kappa shape index (κ1) is 77.3. The molecule has 12 aromatic heterocycles. The average Bonchev–Trinajstić information content (AvgIpc) is 1.62. The molecule has 24 rings (SSSR count). The van der Waals surface area contributed by atoms with E-state index in [1.807, 2.05) is 86.5 Å². The molecule has 0 spiro atoms. The first-order valence-electron chi connectivity index (χ1n) is 43.6. The van der Waals surface area contributed by atoms with E-state index < -0.39 is 0 Å². The SMILES string of the molecule is CCN1CCN(c2ccc(Nc3ncc4ccc5cnn(C6CC6)c5c4n3)nc2)CC1.CCN1CCN(c2cnc(Nc3ncc4ccc5cnn(C6CC6)c5c4n3)cc2C)CC1.Cc1cc(Nc2ncc3ccc4cnn(C5CC5)c4c3n2)ncc1N1CCN(C)CC1.c1cc(Nc2ncc3ccc4cnn(C5CC5)c4c3n2)ncc1N1CCOCC1. The minimum absolute atomic E-state index is 0.499. The molecular weight excluding hydrogens is 1540 g/mol. The number of benzene rings is 4. The second-order valence-electron chi connectivity index (χ2n) is 33.6. The molecule has 4 aliphatic heterocycles. The predicted molar refractivity (Wildman–Crippen MR) is 485 cm³/mol. The smallest absolute Gasteiger partial charge is 0.228 e. The van der Waals surface area contributed by atoms with Crippen LogP contribution in [0.15, 0.2) is 159 Å². The van der Waals surface area contributed by atoms with Crippen molar-refractivity contribution in [2.24, 2.45) is 0 Å². The maximum absolute atomic E-state index is 5.41. The zero-order valence-corrected chi connectivity index (χ0v) is 70.2. The Bertz CT molecular complexity index is 6520. The number of likely N-dealkylation sites (N-methyl/N-ethyl adjacent to an activating group) is 3. The Hall–Kier alpha value is -13.0. The maximum Gasteiger partial charge on any atom is 0.228 e. The number of pyridine rings is 4. The van der Waals surface area contributed by atoms with Gasteiger partial charge in [-0.15, -0.1) is 0 Å². The molecule has 626 valence electrons. The summed E-state index contributed by atoms with van der Waals surface area (Å²) >= 11 is 0. The van der Waals surface area contributed by atoms with Gasteiger partial charge in [0.25, 0.3) is 0 Å². The largest absolute Gasteiger partial charge is 0.378 e. The van der Waals surface area contributed by atoms with Gasteiger partial charge in [-0.05, 0) is 133 Å². The third-order valence-corrected chi connectivity index (χ3v) is 25.0. The fourth-order valence-corrected chi connectivity index (χ4v) is 17.3.